The summed E-state index contributed by atoms with van der Waals surface area (Å²) in [6, 6.07) is 14.6. The number of rotatable bonds is 4. The molecular formula is C16H18N2O2. The molecule has 4 heteroatoms. The van der Waals surface area contributed by atoms with Gasteiger partial charge < -0.3 is 15.4 Å². The highest BCUT2D eigenvalue weighted by Crippen LogP contribution is 2.19. The molecule has 0 aromatic heterocycles. The summed E-state index contributed by atoms with van der Waals surface area (Å²) in [7, 11) is 3.39. The summed E-state index contributed by atoms with van der Waals surface area (Å²) in [5, 5.41) is 0. The zero-order chi connectivity index (χ0) is 14.5. The smallest absolute Gasteiger partial charge is 0.253 e. The molecule has 0 heterocycles. The van der Waals surface area contributed by atoms with E-state index in [4.69, 9.17) is 10.5 Å². The molecular weight excluding hydrogens is 252 g/mol. The third-order valence-electron chi connectivity index (χ3n) is 3.08. The zero-order valence-corrected chi connectivity index (χ0v) is 11.7. The van der Waals surface area contributed by atoms with E-state index in [2.05, 4.69) is 0 Å². The number of para-hydroxylation sites is 1. The van der Waals surface area contributed by atoms with Gasteiger partial charge in [-0.1, -0.05) is 24.3 Å². The third-order valence-corrected chi connectivity index (χ3v) is 3.08. The van der Waals surface area contributed by atoms with Gasteiger partial charge in [-0.2, -0.15) is 0 Å². The van der Waals surface area contributed by atoms with Gasteiger partial charge in [0, 0.05) is 30.4 Å². The minimum atomic E-state index is -0.0665. The Balaban J connectivity index is 2.15. The number of hydrogen-bond acceptors (Lipinski definition) is 3. The number of methoxy groups -OCH3 is 1. The van der Waals surface area contributed by atoms with E-state index in [0.717, 1.165) is 11.3 Å². The molecule has 0 unspecified atom stereocenters. The van der Waals surface area contributed by atoms with Gasteiger partial charge in [0.25, 0.3) is 5.91 Å². The molecule has 0 aliphatic carbocycles. The molecule has 4 nitrogen and oxygen atoms in total. The van der Waals surface area contributed by atoms with Crippen molar-refractivity contribution >= 4 is 11.6 Å². The van der Waals surface area contributed by atoms with Crippen LogP contribution >= 0.6 is 0 Å². The monoisotopic (exact) mass is 270 g/mol. The highest BCUT2D eigenvalue weighted by Gasteiger charge is 2.13. The van der Waals surface area contributed by atoms with Gasteiger partial charge in [0.1, 0.15) is 5.75 Å². The Hall–Kier alpha value is -2.49. The van der Waals surface area contributed by atoms with Crippen molar-refractivity contribution in [1.29, 1.82) is 0 Å². The van der Waals surface area contributed by atoms with Crippen LogP contribution in [0.25, 0.3) is 0 Å². The first-order chi connectivity index (χ1) is 9.61. The average Bonchev–Trinajstić information content (AvgIpc) is 2.47. The molecule has 0 atom stereocenters. The molecule has 0 aliphatic heterocycles. The van der Waals surface area contributed by atoms with Crippen molar-refractivity contribution in [3.8, 4) is 5.75 Å². The van der Waals surface area contributed by atoms with E-state index in [-0.39, 0.29) is 5.91 Å². The molecule has 0 aliphatic rings. The third kappa shape index (κ3) is 3.09. The van der Waals surface area contributed by atoms with Crippen LogP contribution in [0.1, 0.15) is 15.9 Å². The highest BCUT2D eigenvalue weighted by atomic mass is 16.5. The number of nitrogens with two attached hydrogens (primary N) is 1. The lowest BCUT2D eigenvalue weighted by atomic mass is 10.1. The van der Waals surface area contributed by atoms with E-state index >= 15 is 0 Å². The second-order valence-electron chi connectivity index (χ2n) is 4.60. The maximum absolute atomic E-state index is 12.3. The van der Waals surface area contributed by atoms with Gasteiger partial charge >= 0.3 is 0 Å². The maximum Gasteiger partial charge on any atom is 0.253 e. The van der Waals surface area contributed by atoms with Crippen LogP contribution in [0.3, 0.4) is 0 Å². The molecule has 0 saturated heterocycles. The number of carbonyl (C=O) groups excluding carboxylic acids is 1. The lowest BCUT2D eigenvalue weighted by Gasteiger charge is -2.19. The normalized spacial score (nSPS) is 10.1. The van der Waals surface area contributed by atoms with E-state index in [0.29, 0.717) is 17.8 Å². The first kappa shape index (κ1) is 13.9. The van der Waals surface area contributed by atoms with Crippen LogP contribution in [-0.4, -0.2) is 25.0 Å². The van der Waals surface area contributed by atoms with Crippen LogP contribution in [0.4, 0.5) is 5.69 Å². The largest absolute Gasteiger partial charge is 0.496 e. The summed E-state index contributed by atoms with van der Waals surface area (Å²) < 4.78 is 5.29. The summed E-state index contributed by atoms with van der Waals surface area (Å²) in [5.41, 5.74) is 7.84. The summed E-state index contributed by atoms with van der Waals surface area (Å²) in [4.78, 5) is 14.0. The van der Waals surface area contributed by atoms with Crippen LogP contribution in [0.2, 0.25) is 0 Å². The molecule has 0 saturated carbocycles. The van der Waals surface area contributed by atoms with Gasteiger partial charge in [-0.3, -0.25) is 4.79 Å². The van der Waals surface area contributed by atoms with E-state index in [1.165, 1.54) is 0 Å². The molecule has 0 radical (unpaired) electrons. The minimum Gasteiger partial charge on any atom is -0.496 e. The van der Waals surface area contributed by atoms with Gasteiger partial charge in [0.15, 0.2) is 0 Å². The predicted molar refractivity (Wildman–Crippen MR) is 79.6 cm³/mol. The Morgan fingerprint density at radius 2 is 1.95 bits per heavy atom. The van der Waals surface area contributed by atoms with Crippen LogP contribution in [0, 0.1) is 0 Å². The van der Waals surface area contributed by atoms with Crippen LogP contribution in [-0.2, 0) is 6.54 Å². The van der Waals surface area contributed by atoms with Crippen molar-refractivity contribution in [3.63, 3.8) is 0 Å². The van der Waals surface area contributed by atoms with Gasteiger partial charge in [-0.05, 0) is 24.3 Å². The van der Waals surface area contributed by atoms with Gasteiger partial charge in [0.2, 0.25) is 0 Å². The van der Waals surface area contributed by atoms with Crippen molar-refractivity contribution in [1.82, 2.24) is 4.90 Å². The molecule has 2 rings (SSSR count). The number of nitrogen functional groups attached to an aromatic ring is 1. The maximum atomic E-state index is 12.3. The molecule has 104 valence electrons. The second-order valence-corrected chi connectivity index (χ2v) is 4.60. The van der Waals surface area contributed by atoms with Gasteiger partial charge in [-0.15, -0.1) is 0 Å². The molecule has 1 amide bonds. The molecule has 0 spiro atoms. The SMILES string of the molecule is COc1ccccc1CN(C)C(=O)c1cccc(N)c1. The number of amides is 1. The van der Waals surface area contributed by atoms with Crippen molar-refractivity contribution in [2.24, 2.45) is 0 Å². The Morgan fingerprint density at radius 1 is 1.20 bits per heavy atom. The second kappa shape index (κ2) is 6.10. The van der Waals surface area contributed by atoms with Gasteiger partial charge in [0.05, 0.1) is 7.11 Å². The Kier molecular flexibility index (Phi) is 4.25. The predicted octanol–water partition coefficient (Wildman–Crippen LogP) is 2.55. The summed E-state index contributed by atoms with van der Waals surface area (Å²) in [6.45, 7) is 0.484. The van der Waals surface area contributed by atoms with E-state index in [9.17, 15) is 4.79 Å². The Morgan fingerprint density at radius 3 is 2.65 bits per heavy atom. The average molecular weight is 270 g/mol. The number of benzene rings is 2. The Bertz CT molecular complexity index is 611. The van der Waals surface area contributed by atoms with E-state index in [1.807, 2.05) is 24.3 Å². The number of ether oxygens (including phenoxy) is 1. The number of anilines is 1. The number of carbonyl (C=O) groups is 1. The highest BCUT2D eigenvalue weighted by molar-refractivity contribution is 5.94. The standard InChI is InChI=1S/C16H18N2O2/c1-18(11-13-6-3-4-9-15(13)20-2)16(19)12-7-5-8-14(17)10-12/h3-10H,11,17H2,1-2H3. The molecule has 0 fully saturated rings. The van der Waals surface area contributed by atoms with Crippen molar-refractivity contribution in [2.75, 3.05) is 19.9 Å². The Labute approximate surface area is 118 Å². The van der Waals surface area contributed by atoms with Crippen molar-refractivity contribution in [2.45, 2.75) is 6.54 Å². The van der Waals surface area contributed by atoms with Crippen LogP contribution in [0.15, 0.2) is 48.5 Å². The summed E-state index contributed by atoms with van der Waals surface area (Å²) >= 11 is 0. The van der Waals surface area contributed by atoms with E-state index in [1.54, 1.807) is 43.3 Å². The van der Waals surface area contributed by atoms with Crippen molar-refractivity contribution in [3.05, 3.63) is 59.7 Å². The molecule has 20 heavy (non-hydrogen) atoms. The lowest BCUT2D eigenvalue weighted by Crippen LogP contribution is -2.26. The molecule has 2 N–H and O–H groups in total. The first-order valence-electron chi connectivity index (χ1n) is 6.34. The summed E-state index contributed by atoms with van der Waals surface area (Å²) in [5.74, 6) is 0.711. The number of nitrogens with zero attached hydrogens (tertiary/aromatic N) is 1. The van der Waals surface area contributed by atoms with Crippen molar-refractivity contribution < 1.29 is 9.53 Å². The summed E-state index contributed by atoms with van der Waals surface area (Å²) in [6.07, 6.45) is 0. The van der Waals surface area contributed by atoms with Crippen LogP contribution in [0.5, 0.6) is 5.75 Å². The zero-order valence-electron chi connectivity index (χ0n) is 11.7. The number of hydrogen-bond donors (Lipinski definition) is 1. The van der Waals surface area contributed by atoms with E-state index < -0.39 is 0 Å². The fraction of sp³-hybridized carbons (Fsp3) is 0.188. The quantitative estimate of drug-likeness (QED) is 0.869. The fourth-order valence-electron chi connectivity index (χ4n) is 2.05. The topological polar surface area (TPSA) is 55.6 Å². The van der Waals surface area contributed by atoms with Gasteiger partial charge in [-0.25, -0.2) is 0 Å². The lowest BCUT2D eigenvalue weighted by molar-refractivity contribution is 0.0784. The minimum absolute atomic E-state index is 0.0665. The molecule has 2 aromatic carbocycles. The fourth-order valence-corrected chi connectivity index (χ4v) is 2.05. The molecule has 0 bridgehead atoms. The molecule has 2 aromatic rings. The van der Waals surface area contributed by atoms with Crippen LogP contribution < -0.4 is 10.5 Å². The first-order valence-corrected chi connectivity index (χ1v) is 6.34.